The van der Waals surface area contributed by atoms with E-state index in [-0.39, 0.29) is 29.8 Å². The Morgan fingerprint density at radius 1 is 1.00 bits per heavy atom. The number of carbonyl (C=O) groups is 4. The summed E-state index contributed by atoms with van der Waals surface area (Å²) < 4.78 is 5.21. The largest absolute Gasteiger partial charge is 0.452 e. The van der Waals surface area contributed by atoms with Crippen molar-refractivity contribution in [3.63, 3.8) is 0 Å². The topological polar surface area (TPSA) is 84.0 Å². The predicted molar refractivity (Wildman–Crippen MR) is 109 cm³/mol. The summed E-state index contributed by atoms with van der Waals surface area (Å²) in [5, 5.41) is 0. The van der Waals surface area contributed by atoms with E-state index < -0.39 is 17.8 Å². The minimum atomic E-state index is -0.675. The number of esters is 1. The smallest absolute Gasteiger partial charge is 0.338 e. The summed E-state index contributed by atoms with van der Waals surface area (Å²) in [4.78, 5) is 52.9. The van der Waals surface area contributed by atoms with Crippen LogP contribution in [0.25, 0.3) is 0 Å². The minimum Gasteiger partial charge on any atom is -0.452 e. The van der Waals surface area contributed by atoms with Crippen molar-refractivity contribution in [1.29, 1.82) is 0 Å². The highest BCUT2D eigenvalue weighted by atomic mass is 16.5. The van der Waals surface area contributed by atoms with Gasteiger partial charge in [-0.15, -0.1) is 0 Å². The number of ether oxygens (including phenoxy) is 1. The van der Waals surface area contributed by atoms with Crippen LogP contribution in [-0.2, 0) is 9.53 Å². The lowest BCUT2D eigenvalue weighted by Gasteiger charge is -2.33. The highest BCUT2D eigenvalue weighted by Crippen LogP contribution is 2.28. The molecule has 7 nitrogen and oxygen atoms in total. The van der Waals surface area contributed by atoms with Crippen LogP contribution in [0.4, 0.5) is 5.69 Å². The fraction of sp³-hybridized carbons (Fsp3) is 0.304. The Labute approximate surface area is 174 Å². The first kappa shape index (κ1) is 19.8. The zero-order valence-electron chi connectivity index (χ0n) is 16.7. The summed E-state index contributed by atoms with van der Waals surface area (Å²) >= 11 is 0. The lowest BCUT2D eigenvalue weighted by molar-refractivity contribution is -0.137. The molecule has 30 heavy (non-hydrogen) atoms. The maximum Gasteiger partial charge on any atom is 0.338 e. The quantitative estimate of drug-likeness (QED) is 0.576. The van der Waals surface area contributed by atoms with Gasteiger partial charge in [0.25, 0.3) is 17.7 Å². The van der Waals surface area contributed by atoms with Gasteiger partial charge in [0.2, 0.25) is 0 Å². The second-order valence-corrected chi connectivity index (χ2v) is 7.55. The van der Waals surface area contributed by atoms with Crippen molar-refractivity contribution in [2.75, 3.05) is 18.1 Å². The Morgan fingerprint density at radius 2 is 1.70 bits per heavy atom. The van der Waals surface area contributed by atoms with Crippen LogP contribution in [0.5, 0.6) is 0 Å². The summed E-state index contributed by atoms with van der Waals surface area (Å²) in [5.74, 6) is -1.76. The van der Waals surface area contributed by atoms with Crippen LogP contribution in [0, 0.1) is 0 Å². The molecule has 4 rings (SSSR count). The normalized spacial score (nSPS) is 18.4. The van der Waals surface area contributed by atoms with E-state index in [0.717, 1.165) is 24.2 Å². The van der Waals surface area contributed by atoms with Crippen LogP contribution >= 0.6 is 0 Å². The average Bonchev–Trinajstić information content (AvgIpc) is 3.02. The first-order valence-electron chi connectivity index (χ1n) is 10.0. The summed E-state index contributed by atoms with van der Waals surface area (Å²) in [6, 6.07) is 12.8. The highest BCUT2D eigenvalue weighted by Gasteiger charge is 2.36. The van der Waals surface area contributed by atoms with Crippen molar-refractivity contribution < 1.29 is 23.9 Å². The molecule has 0 N–H and O–H groups in total. The van der Waals surface area contributed by atoms with Crippen molar-refractivity contribution in [3.05, 3.63) is 65.2 Å². The molecule has 2 aliphatic rings. The third-order valence-corrected chi connectivity index (χ3v) is 5.58. The maximum absolute atomic E-state index is 12.6. The Hall–Kier alpha value is -3.48. The molecule has 154 valence electrons. The van der Waals surface area contributed by atoms with Crippen LogP contribution in [0.15, 0.2) is 48.5 Å². The number of benzene rings is 2. The lowest BCUT2D eigenvalue weighted by Crippen LogP contribution is -2.44. The van der Waals surface area contributed by atoms with E-state index in [2.05, 4.69) is 0 Å². The standard InChI is InChI=1S/C23H22N2O5/c1-15-7-4-5-12-24(15)20(26)14-30-23(29)16-8-6-9-17(13-16)25-21(27)18-10-2-3-11-19(18)22(25)28/h2-3,6,8-11,13,15H,4-5,7,12,14H2,1H3/t15-/m1/s1. The number of carbonyl (C=O) groups excluding carboxylic acids is 4. The number of hydrogen-bond acceptors (Lipinski definition) is 5. The van der Waals surface area contributed by atoms with Crippen LogP contribution in [0.2, 0.25) is 0 Å². The number of nitrogens with zero attached hydrogens (tertiary/aromatic N) is 2. The number of piperidine rings is 1. The molecule has 0 unspecified atom stereocenters. The molecule has 0 radical (unpaired) electrons. The summed E-state index contributed by atoms with van der Waals surface area (Å²) in [7, 11) is 0. The van der Waals surface area contributed by atoms with E-state index in [9.17, 15) is 19.2 Å². The van der Waals surface area contributed by atoms with Gasteiger partial charge in [0.05, 0.1) is 22.4 Å². The van der Waals surface area contributed by atoms with Gasteiger partial charge in [-0.2, -0.15) is 0 Å². The first-order chi connectivity index (χ1) is 14.5. The second kappa shape index (κ2) is 8.10. The predicted octanol–water partition coefficient (Wildman–Crippen LogP) is 3.05. The van der Waals surface area contributed by atoms with Gasteiger partial charge in [0.1, 0.15) is 0 Å². The van der Waals surface area contributed by atoms with E-state index in [1.807, 2.05) is 6.92 Å². The average molecular weight is 406 g/mol. The van der Waals surface area contributed by atoms with Gasteiger partial charge in [-0.25, -0.2) is 9.69 Å². The monoisotopic (exact) mass is 406 g/mol. The van der Waals surface area contributed by atoms with Crippen LogP contribution in [0.3, 0.4) is 0 Å². The van der Waals surface area contributed by atoms with Crippen molar-refractivity contribution in [2.24, 2.45) is 0 Å². The maximum atomic E-state index is 12.6. The van der Waals surface area contributed by atoms with Crippen LogP contribution < -0.4 is 4.90 Å². The molecule has 2 aliphatic heterocycles. The summed E-state index contributed by atoms with van der Waals surface area (Å²) in [6.07, 6.45) is 2.99. The third kappa shape index (κ3) is 3.58. The zero-order valence-corrected chi connectivity index (χ0v) is 16.7. The molecule has 1 saturated heterocycles. The minimum absolute atomic E-state index is 0.141. The molecule has 1 fully saturated rings. The number of likely N-dealkylation sites (tertiary alicyclic amines) is 1. The van der Waals surface area contributed by atoms with Gasteiger partial charge in [-0.05, 0) is 56.5 Å². The SMILES string of the molecule is C[C@@H]1CCCCN1C(=O)COC(=O)c1cccc(N2C(=O)c3ccccc3C2=O)c1. The molecule has 0 aliphatic carbocycles. The molecule has 3 amide bonds. The molecule has 0 aromatic heterocycles. The van der Waals surface area contributed by atoms with E-state index >= 15 is 0 Å². The number of anilines is 1. The molecule has 7 heteroatoms. The van der Waals surface area contributed by atoms with Gasteiger partial charge >= 0.3 is 5.97 Å². The number of fused-ring (bicyclic) bond motifs is 1. The van der Waals surface area contributed by atoms with Crippen LogP contribution in [0.1, 0.15) is 57.3 Å². The van der Waals surface area contributed by atoms with Crippen molar-refractivity contribution >= 4 is 29.4 Å². The molecule has 2 aromatic carbocycles. The molecule has 0 bridgehead atoms. The third-order valence-electron chi connectivity index (χ3n) is 5.58. The Balaban J connectivity index is 1.46. The number of amides is 3. The van der Waals surface area contributed by atoms with Crippen LogP contribution in [-0.4, -0.2) is 47.8 Å². The summed E-state index contributed by atoms with van der Waals surface area (Å²) in [5.41, 5.74) is 1.11. The van der Waals surface area contributed by atoms with E-state index in [1.165, 1.54) is 12.1 Å². The molecule has 0 saturated carbocycles. The van der Waals surface area contributed by atoms with Gasteiger partial charge in [-0.1, -0.05) is 18.2 Å². The number of rotatable bonds is 4. The Morgan fingerprint density at radius 3 is 2.37 bits per heavy atom. The van der Waals surface area contributed by atoms with E-state index in [0.29, 0.717) is 17.7 Å². The van der Waals surface area contributed by atoms with Crippen molar-refractivity contribution in [1.82, 2.24) is 4.90 Å². The highest BCUT2D eigenvalue weighted by molar-refractivity contribution is 6.34. The van der Waals surface area contributed by atoms with Gasteiger partial charge in [0, 0.05) is 12.6 Å². The molecular weight excluding hydrogens is 384 g/mol. The van der Waals surface area contributed by atoms with Gasteiger partial charge in [0.15, 0.2) is 6.61 Å². The first-order valence-corrected chi connectivity index (χ1v) is 10.0. The lowest BCUT2D eigenvalue weighted by atomic mass is 10.0. The summed E-state index contributed by atoms with van der Waals surface area (Å²) in [6.45, 7) is 2.33. The van der Waals surface area contributed by atoms with Gasteiger partial charge in [-0.3, -0.25) is 14.4 Å². The second-order valence-electron chi connectivity index (χ2n) is 7.55. The molecule has 1 atom stereocenters. The van der Waals surface area contributed by atoms with Crippen molar-refractivity contribution in [2.45, 2.75) is 32.2 Å². The van der Waals surface area contributed by atoms with E-state index in [1.54, 1.807) is 41.3 Å². The Bertz CT molecular complexity index is 997. The molecule has 2 aromatic rings. The zero-order chi connectivity index (χ0) is 21.3. The fourth-order valence-electron chi connectivity index (χ4n) is 3.96. The van der Waals surface area contributed by atoms with Crippen molar-refractivity contribution in [3.8, 4) is 0 Å². The molecule has 2 heterocycles. The van der Waals surface area contributed by atoms with Gasteiger partial charge < -0.3 is 9.64 Å². The molecule has 0 spiro atoms. The van der Waals surface area contributed by atoms with E-state index in [4.69, 9.17) is 4.74 Å². The molecular formula is C23H22N2O5. The number of imide groups is 1. The fourth-order valence-corrected chi connectivity index (χ4v) is 3.96. The Kier molecular flexibility index (Phi) is 5.35. The number of hydrogen-bond donors (Lipinski definition) is 0.